The van der Waals surface area contributed by atoms with Gasteiger partial charge < -0.3 is 15.0 Å². The van der Waals surface area contributed by atoms with Crippen molar-refractivity contribution in [1.29, 1.82) is 0 Å². The smallest absolute Gasteiger partial charge is 0.261 e. The van der Waals surface area contributed by atoms with Gasteiger partial charge in [-0.15, -0.1) is 0 Å². The Morgan fingerprint density at radius 2 is 1.89 bits per heavy atom. The number of aryl methyl sites for hydroxylation is 1. The second-order valence-electron chi connectivity index (χ2n) is 6.14. The lowest BCUT2D eigenvalue weighted by Crippen LogP contribution is -2.48. The number of nitrogens with one attached hydrogen (secondary N) is 1. The molecule has 0 spiro atoms. The van der Waals surface area contributed by atoms with Gasteiger partial charge in [0.05, 0.1) is 0 Å². The Hall–Kier alpha value is -2.41. The number of nitrogens with zero attached hydrogens (tertiary/aromatic N) is 1. The van der Waals surface area contributed by atoms with Crippen LogP contribution in [0, 0.1) is 12.7 Å². The number of benzene rings is 2. The first-order valence-corrected chi connectivity index (χ1v) is 9.25. The monoisotopic (exact) mass is 436 g/mol. The van der Waals surface area contributed by atoms with Crippen molar-refractivity contribution in [3.63, 3.8) is 0 Å². The van der Waals surface area contributed by atoms with Gasteiger partial charge in [-0.3, -0.25) is 9.59 Å². The number of amides is 2. The highest BCUT2D eigenvalue weighted by Crippen LogP contribution is 2.21. The van der Waals surface area contributed by atoms with Gasteiger partial charge >= 0.3 is 0 Å². The average Bonchev–Trinajstić information content (AvgIpc) is 2.67. The zero-order valence-electron chi connectivity index (χ0n) is 15.5. The molecule has 0 aliphatic rings. The van der Waals surface area contributed by atoms with Crippen molar-refractivity contribution >= 4 is 27.7 Å². The lowest BCUT2D eigenvalue weighted by atomic mass is 10.1. The van der Waals surface area contributed by atoms with Gasteiger partial charge in [0.2, 0.25) is 5.91 Å². The Morgan fingerprint density at radius 3 is 2.48 bits per heavy atom. The Balaban J connectivity index is 2.12. The quantitative estimate of drug-likeness (QED) is 0.722. The topological polar surface area (TPSA) is 58.6 Å². The standard InChI is InChI=1S/C20H22BrFN2O3/c1-13-10-17(8-9-18(13)21)27-12-19(25)24(14(2)20(26)23-3)11-15-4-6-16(22)7-5-15/h4-10,14H,11-12H2,1-3H3,(H,23,26)/t14-/m0/s1. The molecule has 0 heterocycles. The minimum atomic E-state index is -0.692. The number of hydrogen-bond donors (Lipinski definition) is 1. The van der Waals surface area contributed by atoms with E-state index >= 15 is 0 Å². The molecule has 0 saturated heterocycles. The molecule has 2 aromatic rings. The van der Waals surface area contributed by atoms with E-state index in [1.807, 2.05) is 19.1 Å². The Labute approximate surface area is 166 Å². The highest BCUT2D eigenvalue weighted by molar-refractivity contribution is 9.10. The SMILES string of the molecule is CNC(=O)[C@H](C)N(Cc1ccc(F)cc1)C(=O)COc1ccc(Br)c(C)c1. The summed E-state index contributed by atoms with van der Waals surface area (Å²) >= 11 is 3.42. The first-order chi connectivity index (χ1) is 12.8. The first-order valence-electron chi connectivity index (χ1n) is 8.46. The summed E-state index contributed by atoms with van der Waals surface area (Å²) < 4.78 is 19.7. The van der Waals surface area contributed by atoms with Gasteiger partial charge in [0.1, 0.15) is 17.6 Å². The van der Waals surface area contributed by atoms with Gasteiger partial charge in [0.15, 0.2) is 6.61 Å². The predicted molar refractivity (Wildman–Crippen MR) is 105 cm³/mol. The fourth-order valence-electron chi connectivity index (χ4n) is 2.51. The first kappa shape index (κ1) is 20.9. The lowest BCUT2D eigenvalue weighted by molar-refractivity contribution is -0.142. The molecule has 7 heteroatoms. The molecule has 0 aromatic heterocycles. The van der Waals surface area contributed by atoms with E-state index in [9.17, 15) is 14.0 Å². The molecule has 2 rings (SSSR count). The van der Waals surface area contributed by atoms with E-state index in [1.54, 1.807) is 25.1 Å². The van der Waals surface area contributed by atoms with E-state index in [0.717, 1.165) is 15.6 Å². The van der Waals surface area contributed by atoms with Crippen molar-refractivity contribution < 1.29 is 18.7 Å². The molecule has 0 bridgehead atoms. The third-order valence-corrected chi connectivity index (χ3v) is 5.06. The van der Waals surface area contributed by atoms with Crippen molar-refractivity contribution in [2.75, 3.05) is 13.7 Å². The summed E-state index contributed by atoms with van der Waals surface area (Å²) in [5.74, 6) is -0.413. The molecule has 27 heavy (non-hydrogen) atoms. The van der Waals surface area contributed by atoms with Crippen molar-refractivity contribution in [3.05, 3.63) is 63.9 Å². The Morgan fingerprint density at radius 1 is 1.22 bits per heavy atom. The van der Waals surface area contributed by atoms with Crippen LogP contribution in [-0.2, 0) is 16.1 Å². The predicted octanol–water partition coefficient (Wildman–Crippen LogP) is 3.44. The number of halogens is 2. The molecule has 5 nitrogen and oxygen atoms in total. The van der Waals surface area contributed by atoms with E-state index in [4.69, 9.17) is 4.74 Å². The Bertz CT molecular complexity index is 811. The third kappa shape index (κ3) is 5.79. The van der Waals surface area contributed by atoms with Crippen LogP contribution in [0.4, 0.5) is 4.39 Å². The molecule has 0 unspecified atom stereocenters. The second-order valence-corrected chi connectivity index (χ2v) is 6.99. The van der Waals surface area contributed by atoms with Crippen LogP contribution in [0.5, 0.6) is 5.75 Å². The summed E-state index contributed by atoms with van der Waals surface area (Å²) in [7, 11) is 1.51. The molecule has 0 fully saturated rings. The molecule has 0 aliphatic heterocycles. The number of likely N-dealkylation sites (N-methyl/N-ethyl adjacent to an activating group) is 1. The van der Waals surface area contributed by atoms with Crippen LogP contribution in [0.3, 0.4) is 0 Å². The van der Waals surface area contributed by atoms with Crippen LogP contribution >= 0.6 is 15.9 Å². The van der Waals surface area contributed by atoms with Crippen LogP contribution in [0.1, 0.15) is 18.1 Å². The van der Waals surface area contributed by atoms with E-state index in [0.29, 0.717) is 5.75 Å². The molecule has 0 saturated carbocycles. The Kier molecular flexibility index (Phi) is 7.36. The molecule has 1 atom stereocenters. The second kappa shape index (κ2) is 9.50. The summed E-state index contributed by atoms with van der Waals surface area (Å²) in [4.78, 5) is 26.2. The van der Waals surface area contributed by atoms with Gasteiger partial charge in [0, 0.05) is 18.1 Å². The van der Waals surface area contributed by atoms with E-state index in [1.165, 1.54) is 24.1 Å². The normalized spacial score (nSPS) is 11.6. The molecule has 2 aromatic carbocycles. The summed E-state index contributed by atoms with van der Waals surface area (Å²) in [6.07, 6.45) is 0. The zero-order chi connectivity index (χ0) is 20.0. The van der Waals surface area contributed by atoms with Crippen LogP contribution < -0.4 is 10.1 Å². The van der Waals surface area contributed by atoms with Gasteiger partial charge in [-0.05, 0) is 55.3 Å². The summed E-state index contributed by atoms with van der Waals surface area (Å²) in [6, 6.07) is 10.6. The average molecular weight is 437 g/mol. The van der Waals surface area contributed by atoms with Crippen molar-refractivity contribution in [1.82, 2.24) is 10.2 Å². The number of carbonyl (C=O) groups excluding carboxylic acids is 2. The summed E-state index contributed by atoms with van der Waals surface area (Å²) in [6.45, 7) is 3.54. The molecular formula is C20H22BrFN2O3. The molecular weight excluding hydrogens is 415 g/mol. The maximum atomic E-state index is 13.1. The molecule has 0 radical (unpaired) electrons. The highest BCUT2D eigenvalue weighted by Gasteiger charge is 2.25. The third-order valence-electron chi connectivity index (χ3n) is 4.17. The number of ether oxygens (including phenoxy) is 1. The number of hydrogen-bond acceptors (Lipinski definition) is 3. The van der Waals surface area contributed by atoms with Crippen LogP contribution in [0.15, 0.2) is 46.9 Å². The van der Waals surface area contributed by atoms with Gasteiger partial charge in [-0.2, -0.15) is 0 Å². The fourth-order valence-corrected chi connectivity index (χ4v) is 2.76. The highest BCUT2D eigenvalue weighted by atomic mass is 79.9. The number of carbonyl (C=O) groups is 2. The largest absolute Gasteiger partial charge is 0.484 e. The molecule has 0 aliphatic carbocycles. The van der Waals surface area contributed by atoms with E-state index < -0.39 is 6.04 Å². The fraction of sp³-hybridized carbons (Fsp3) is 0.300. The van der Waals surface area contributed by atoms with E-state index in [2.05, 4.69) is 21.2 Å². The maximum Gasteiger partial charge on any atom is 0.261 e. The molecule has 144 valence electrons. The van der Waals surface area contributed by atoms with Crippen LogP contribution in [0.25, 0.3) is 0 Å². The lowest BCUT2D eigenvalue weighted by Gasteiger charge is -2.28. The summed E-state index contributed by atoms with van der Waals surface area (Å²) in [5, 5.41) is 2.54. The number of rotatable bonds is 7. The van der Waals surface area contributed by atoms with E-state index in [-0.39, 0.29) is 30.8 Å². The van der Waals surface area contributed by atoms with Crippen LogP contribution in [-0.4, -0.2) is 36.4 Å². The zero-order valence-corrected chi connectivity index (χ0v) is 17.0. The van der Waals surface area contributed by atoms with Gasteiger partial charge in [-0.1, -0.05) is 28.1 Å². The molecule has 2 amide bonds. The van der Waals surface area contributed by atoms with Crippen molar-refractivity contribution in [2.45, 2.75) is 26.4 Å². The van der Waals surface area contributed by atoms with Crippen molar-refractivity contribution in [3.8, 4) is 5.75 Å². The maximum absolute atomic E-state index is 13.1. The van der Waals surface area contributed by atoms with Crippen molar-refractivity contribution in [2.24, 2.45) is 0 Å². The van der Waals surface area contributed by atoms with Crippen LogP contribution in [0.2, 0.25) is 0 Å². The van der Waals surface area contributed by atoms with Gasteiger partial charge in [-0.25, -0.2) is 4.39 Å². The summed E-state index contributed by atoms with van der Waals surface area (Å²) in [5.41, 5.74) is 1.71. The molecule has 1 N–H and O–H groups in total. The minimum Gasteiger partial charge on any atom is -0.484 e. The van der Waals surface area contributed by atoms with Gasteiger partial charge in [0.25, 0.3) is 5.91 Å². The minimum absolute atomic E-state index is 0.177.